The van der Waals surface area contributed by atoms with Crippen LogP contribution in [0.1, 0.15) is 32.3 Å². The first-order valence-corrected chi connectivity index (χ1v) is 10.6. The predicted molar refractivity (Wildman–Crippen MR) is 109 cm³/mol. The van der Waals surface area contributed by atoms with Crippen LogP contribution in [0.4, 0.5) is 4.79 Å². The number of hydrogen-bond acceptors (Lipinski definition) is 5. The fourth-order valence-corrected chi connectivity index (χ4v) is 4.80. The van der Waals surface area contributed by atoms with Gasteiger partial charge in [0.15, 0.2) is 6.10 Å². The summed E-state index contributed by atoms with van der Waals surface area (Å²) >= 11 is 0. The van der Waals surface area contributed by atoms with Gasteiger partial charge in [0.1, 0.15) is 11.3 Å². The van der Waals surface area contributed by atoms with Crippen LogP contribution in [0, 0.1) is 5.92 Å². The van der Waals surface area contributed by atoms with E-state index in [1.807, 2.05) is 38.1 Å². The second-order valence-electron chi connectivity index (χ2n) is 8.74. The fourth-order valence-electron chi connectivity index (χ4n) is 4.80. The van der Waals surface area contributed by atoms with Crippen molar-refractivity contribution in [3.05, 3.63) is 29.8 Å². The number of urea groups is 1. The van der Waals surface area contributed by atoms with Gasteiger partial charge in [-0.25, -0.2) is 4.79 Å². The molecule has 1 aromatic carbocycles. The van der Waals surface area contributed by atoms with E-state index in [0.29, 0.717) is 38.9 Å². The number of likely N-dealkylation sites (tertiary alicyclic amines) is 1. The van der Waals surface area contributed by atoms with E-state index in [-0.39, 0.29) is 36.9 Å². The summed E-state index contributed by atoms with van der Waals surface area (Å²) in [4.78, 5) is 43.7. The van der Waals surface area contributed by atoms with Crippen molar-refractivity contribution in [2.24, 2.45) is 5.92 Å². The summed E-state index contributed by atoms with van der Waals surface area (Å²) < 4.78 is 5.84. The lowest BCUT2D eigenvalue weighted by atomic mass is 9.85. The van der Waals surface area contributed by atoms with Gasteiger partial charge < -0.3 is 19.6 Å². The highest BCUT2D eigenvalue weighted by molar-refractivity contribution is 6.07. The van der Waals surface area contributed by atoms with E-state index in [9.17, 15) is 19.5 Å². The summed E-state index contributed by atoms with van der Waals surface area (Å²) in [6.45, 7) is 5.03. The normalized spacial score (nSPS) is 22.8. The number of β-amino-alcohol motifs (C(OH)–C–C–N with tert-alkyl or cyclic N) is 1. The number of piperidine rings is 1. The molecular formula is C22H29N3O5. The zero-order chi connectivity index (χ0) is 21.5. The standard InChI is InChI=1S/C22H29N3O5/c1-15(2)14-25-21(29)24(11-12-26)20(28)22(25)7-9-23(10-8-22)19(27)18-13-16-5-3-4-6-17(16)30-18/h3-6,15,18,26H,7-14H2,1-2H3. The summed E-state index contributed by atoms with van der Waals surface area (Å²) in [7, 11) is 0. The Hall–Kier alpha value is -2.61. The van der Waals surface area contributed by atoms with Crippen LogP contribution in [0.15, 0.2) is 24.3 Å². The molecule has 2 fully saturated rings. The quantitative estimate of drug-likeness (QED) is 0.732. The maximum atomic E-state index is 13.2. The number of benzene rings is 1. The first-order chi connectivity index (χ1) is 14.4. The number of carbonyl (C=O) groups is 3. The Kier molecular flexibility index (Phi) is 5.44. The van der Waals surface area contributed by atoms with Crippen molar-refractivity contribution < 1.29 is 24.2 Å². The Balaban J connectivity index is 1.47. The molecule has 8 nitrogen and oxygen atoms in total. The first-order valence-electron chi connectivity index (χ1n) is 10.6. The molecule has 0 radical (unpaired) electrons. The fraction of sp³-hybridized carbons (Fsp3) is 0.591. The van der Waals surface area contributed by atoms with E-state index in [4.69, 9.17) is 4.74 Å². The van der Waals surface area contributed by atoms with Gasteiger partial charge in [-0.1, -0.05) is 32.0 Å². The van der Waals surface area contributed by atoms with Crippen molar-refractivity contribution in [2.45, 2.75) is 44.8 Å². The molecule has 0 aromatic heterocycles. The number of aliphatic hydroxyl groups is 1. The number of rotatable bonds is 5. The van der Waals surface area contributed by atoms with Gasteiger partial charge in [-0.3, -0.25) is 14.5 Å². The van der Waals surface area contributed by atoms with Crippen LogP contribution in [0.25, 0.3) is 0 Å². The molecule has 4 rings (SSSR count). The van der Waals surface area contributed by atoms with E-state index in [1.54, 1.807) is 9.80 Å². The van der Waals surface area contributed by atoms with Gasteiger partial charge in [0.25, 0.3) is 11.8 Å². The minimum absolute atomic E-state index is 0.00479. The smallest absolute Gasteiger partial charge is 0.327 e. The number of carbonyl (C=O) groups excluding carboxylic acids is 3. The molecule has 3 aliphatic rings. The van der Waals surface area contributed by atoms with Crippen LogP contribution in [0.2, 0.25) is 0 Å². The maximum Gasteiger partial charge on any atom is 0.327 e. The maximum absolute atomic E-state index is 13.2. The first kappa shape index (κ1) is 20.7. The largest absolute Gasteiger partial charge is 0.480 e. The molecule has 3 aliphatic heterocycles. The molecule has 1 unspecified atom stereocenters. The van der Waals surface area contributed by atoms with Crippen LogP contribution >= 0.6 is 0 Å². The molecule has 0 bridgehead atoms. The Morgan fingerprint density at radius 3 is 2.57 bits per heavy atom. The summed E-state index contributed by atoms with van der Waals surface area (Å²) in [6, 6.07) is 7.33. The molecule has 162 valence electrons. The van der Waals surface area contributed by atoms with Crippen LogP contribution in [0.3, 0.4) is 0 Å². The number of imide groups is 1. The minimum atomic E-state index is -0.924. The average molecular weight is 415 g/mol. The monoisotopic (exact) mass is 415 g/mol. The van der Waals surface area contributed by atoms with Crippen molar-refractivity contribution in [3.63, 3.8) is 0 Å². The van der Waals surface area contributed by atoms with E-state index < -0.39 is 11.6 Å². The van der Waals surface area contributed by atoms with Gasteiger partial charge in [-0.15, -0.1) is 0 Å². The van der Waals surface area contributed by atoms with E-state index in [0.717, 1.165) is 16.2 Å². The Bertz CT molecular complexity index is 822. The van der Waals surface area contributed by atoms with Crippen LogP contribution in [-0.2, 0) is 16.0 Å². The van der Waals surface area contributed by atoms with Gasteiger partial charge in [0, 0.05) is 26.1 Å². The molecule has 4 amide bonds. The van der Waals surface area contributed by atoms with Crippen molar-refractivity contribution in [1.82, 2.24) is 14.7 Å². The Morgan fingerprint density at radius 2 is 1.93 bits per heavy atom. The van der Waals surface area contributed by atoms with Gasteiger partial charge in [0.05, 0.1) is 13.2 Å². The van der Waals surface area contributed by atoms with Crippen LogP contribution in [-0.4, -0.2) is 82.1 Å². The molecule has 30 heavy (non-hydrogen) atoms. The highest BCUT2D eigenvalue weighted by Crippen LogP contribution is 2.38. The third-order valence-electron chi connectivity index (χ3n) is 6.32. The SMILES string of the molecule is CC(C)CN1C(=O)N(CCO)C(=O)C12CCN(C(=O)C1Cc3ccccc3O1)CC2. The van der Waals surface area contributed by atoms with Gasteiger partial charge in [0.2, 0.25) is 0 Å². The van der Waals surface area contributed by atoms with Crippen LogP contribution in [0.5, 0.6) is 5.75 Å². The number of amides is 4. The third kappa shape index (κ3) is 3.33. The van der Waals surface area contributed by atoms with Crippen molar-refractivity contribution >= 4 is 17.8 Å². The molecule has 2 saturated heterocycles. The van der Waals surface area contributed by atoms with E-state index in [2.05, 4.69) is 0 Å². The van der Waals surface area contributed by atoms with E-state index in [1.165, 1.54) is 0 Å². The van der Waals surface area contributed by atoms with Gasteiger partial charge in [-0.05, 0) is 30.4 Å². The topological polar surface area (TPSA) is 90.4 Å². The van der Waals surface area contributed by atoms with Crippen LogP contribution < -0.4 is 4.74 Å². The second kappa shape index (κ2) is 7.91. The lowest BCUT2D eigenvalue weighted by molar-refractivity contribution is -0.144. The summed E-state index contributed by atoms with van der Waals surface area (Å²) in [5, 5.41) is 9.30. The predicted octanol–water partition coefficient (Wildman–Crippen LogP) is 1.26. The molecule has 8 heteroatoms. The average Bonchev–Trinajstić information content (AvgIpc) is 3.24. The molecule has 0 saturated carbocycles. The van der Waals surface area contributed by atoms with Crippen molar-refractivity contribution in [1.29, 1.82) is 0 Å². The van der Waals surface area contributed by atoms with Gasteiger partial charge in [-0.2, -0.15) is 0 Å². The highest BCUT2D eigenvalue weighted by atomic mass is 16.5. The number of para-hydroxylation sites is 1. The number of ether oxygens (including phenoxy) is 1. The molecule has 1 spiro atoms. The number of aliphatic hydroxyl groups excluding tert-OH is 1. The highest BCUT2D eigenvalue weighted by Gasteiger charge is 2.58. The molecule has 3 heterocycles. The number of fused-ring (bicyclic) bond motifs is 1. The lowest BCUT2D eigenvalue weighted by Gasteiger charge is -2.43. The number of nitrogens with zero attached hydrogens (tertiary/aromatic N) is 3. The zero-order valence-electron chi connectivity index (χ0n) is 17.5. The minimum Gasteiger partial charge on any atom is -0.480 e. The summed E-state index contributed by atoms with van der Waals surface area (Å²) in [5.74, 6) is 0.640. The third-order valence-corrected chi connectivity index (χ3v) is 6.32. The summed E-state index contributed by atoms with van der Waals surface area (Å²) in [5.41, 5.74) is 0.107. The van der Waals surface area contributed by atoms with Crippen molar-refractivity contribution in [2.75, 3.05) is 32.8 Å². The number of hydrogen-bond donors (Lipinski definition) is 1. The second-order valence-corrected chi connectivity index (χ2v) is 8.74. The zero-order valence-corrected chi connectivity index (χ0v) is 17.5. The molecule has 1 aromatic rings. The molecule has 1 N–H and O–H groups in total. The molecule has 0 aliphatic carbocycles. The Morgan fingerprint density at radius 1 is 1.23 bits per heavy atom. The summed E-state index contributed by atoms with van der Waals surface area (Å²) in [6.07, 6.45) is 0.822. The molecular weight excluding hydrogens is 386 g/mol. The van der Waals surface area contributed by atoms with E-state index >= 15 is 0 Å². The van der Waals surface area contributed by atoms with Gasteiger partial charge >= 0.3 is 6.03 Å². The lowest BCUT2D eigenvalue weighted by Crippen LogP contribution is -2.59. The molecule has 1 atom stereocenters. The Labute approximate surface area is 176 Å². The van der Waals surface area contributed by atoms with Crippen molar-refractivity contribution in [3.8, 4) is 5.75 Å².